The average Bonchev–Trinajstić information content (AvgIpc) is 2.83. The van der Waals surface area contributed by atoms with Crippen LogP contribution in [0.15, 0.2) is 85.2 Å². The van der Waals surface area contributed by atoms with Crippen molar-refractivity contribution in [1.82, 2.24) is 4.98 Å². The summed E-state index contributed by atoms with van der Waals surface area (Å²) in [7, 11) is -0.861. The molecule has 0 bridgehead atoms. The third kappa shape index (κ3) is 12.7. The maximum Gasteiger partial charge on any atom is 3.00 e. The van der Waals surface area contributed by atoms with Crippen molar-refractivity contribution >= 4 is 19.4 Å². The molecule has 1 aromatic heterocycles. The molecule has 0 aliphatic rings. The van der Waals surface area contributed by atoms with Crippen LogP contribution < -0.4 is 0 Å². The van der Waals surface area contributed by atoms with E-state index < -0.39 is 8.07 Å². The van der Waals surface area contributed by atoms with Crippen LogP contribution in [0.25, 0.3) is 10.6 Å². The van der Waals surface area contributed by atoms with Gasteiger partial charge in [0.15, 0.2) is 0 Å². The molecule has 0 atom stereocenters. The fourth-order valence-corrected chi connectivity index (χ4v) is 4.11. The Morgan fingerprint density at radius 2 is 0.949 bits per heavy atom. The van der Waals surface area contributed by atoms with Gasteiger partial charge in [-0.15, -0.1) is 19.4 Å². The first-order valence-corrected chi connectivity index (χ1v) is 16.9. The molecule has 0 saturated carbocycles. The van der Waals surface area contributed by atoms with E-state index in [1.54, 1.807) is 12.4 Å². The third-order valence-electron chi connectivity index (χ3n) is 5.44. The first kappa shape index (κ1) is 34.2. The minimum atomic E-state index is -0.861. The van der Waals surface area contributed by atoms with Crippen molar-refractivity contribution in [3.05, 3.63) is 141 Å². The smallest absolute Gasteiger partial charge is 0.693 e. The zero-order chi connectivity index (χ0) is 28.3. The summed E-state index contributed by atoms with van der Waals surface area (Å²) >= 11 is 0. The zero-order valence-corrected chi connectivity index (χ0v) is 27.1. The van der Waals surface area contributed by atoms with Crippen molar-refractivity contribution in [1.29, 1.82) is 0 Å². The Balaban J connectivity index is 0.000000530. The molecule has 0 fully saturated rings. The van der Waals surface area contributed by atoms with Crippen molar-refractivity contribution in [3.8, 4) is 0 Å². The summed E-state index contributed by atoms with van der Waals surface area (Å²) in [4.78, 5) is 3.78. The molecule has 0 N–H and O–H groups in total. The Kier molecular flexibility index (Phi) is 14.3. The molecule has 0 unspecified atom stereocenters. The normalized spacial score (nSPS) is 10.3. The number of hydrogen-bond acceptors (Lipinski definition) is 1. The second kappa shape index (κ2) is 16.3. The van der Waals surface area contributed by atoms with Crippen LogP contribution in [-0.2, 0) is 16.8 Å². The van der Waals surface area contributed by atoms with Gasteiger partial charge in [-0.05, 0) is 53.7 Å². The predicted molar refractivity (Wildman–Crippen MR) is 169 cm³/mol. The Morgan fingerprint density at radius 1 is 0.615 bits per heavy atom. The fourth-order valence-electron chi connectivity index (χ4n) is 4.11. The molecule has 4 rings (SSSR count). The van der Waals surface area contributed by atoms with Gasteiger partial charge >= 0.3 is 16.8 Å². The molecule has 0 amide bonds. The number of aromatic nitrogens is 1. The van der Waals surface area contributed by atoms with Crippen molar-refractivity contribution < 1.29 is 16.8 Å². The van der Waals surface area contributed by atoms with Crippen LogP contribution in [0.3, 0.4) is 0 Å². The van der Waals surface area contributed by atoms with Gasteiger partial charge < -0.3 is 17.2 Å². The van der Waals surface area contributed by atoms with Crippen LogP contribution in [0.4, 0.5) is 11.4 Å². The van der Waals surface area contributed by atoms with Gasteiger partial charge in [-0.1, -0.05) is 119 Å². The van der Waals surface area contributed by atoms with E-state index in [0.29, 0.717) is 0 Å². The quantitative estimate of drug-likeness (QED) is 0.171. The summed E-state index contributed by atoms with van der Waals surface area (Å²) in [5.41, 5.74) is 10.5. The van der Waals surface area contributed by atoms with Crippen LogP contribution >= 0.6 is 0 Å². The van der Waals surface area contributed by atoms with Crippen LogP contribution in [0, 0.1) is 48.1 Å². The molecule has 0 aliphatic carbocycles. The maximum absolute atomic E-state index is 5.10. The molecule has 3 aromatic carbocycles. The van der Waals surface area contributed by atoms with Crippen LogP contribution in [0.2, 0.25) is 19.6 Å². The van der Waals surface area contributed by atoms with E-state index in [0.717, 1.165) is 16.9 Å². The van der Waals surface area contributed by atoms with Gasteiger partial charge in [0.25, 0.3) is 0 Å². The molecule has 3 nitrogen and oxygen atoms in total. The number of benzene rings is 3. The largest absolute Gasteiger partial charge is 3.00 e. The Labute approximate surface area is 249 Å². The van der Waals surface area contributed by atoms with Crippen molar-refractivity contribution in [2.75, 3.05) is 0 Å². The summed E-state index contributed by atoms with van der Waals surface area (Å²) in [6, 6.07) is 24.8. The molecule has 0 radical (unpaired) electrons. The summed E-state index contributed by atoms with van der Waals surface area (Å²) < 4.78 is 0. The van der Waals surface area contributed by atoms with E-state index in [-0.39, 0.29) is 22.9 Å². The molecule has 1 heterocycles. The first-order valence-electron chi connectivity index (χ1n) is 13.2. The average molecular weight is 582 g/mol. The number of rotatable bonds is 5. The van der Waals surface area contributed by atoms with Crippen molar-refractivity contribution in [3.63, 3.8) is 0 Å². The minimum Gasteiger partial charge on any atom is -0.693 e. The molecule has 4 aromatic rings. The minimum absolute atomic E-state index is 0. The standard InChI is InChI=1S/C25H28N2.C5H5N.C4H11Si.Co/c1-16-12-18(3)23(19(4)13-16)26-25(22-10-8-7-9-11-22)27-24-20(5)14-17(2)15-21(24)6;1-2-4-6-5-3-1;1-5(2,3)4;/h7-15,25H,1-6H3;1-5H;1H2,2-4H3;/q-2;;-1;+3. The molecule has 0 aliphatic heterocycles. The fraction of sp³-hybridized carbons (Fsp3) is 0.294. The molecule has 0 spiro atoms. The second-order valence-electron chi connectivity index (χ2n) is 11.1. The Morgan fingerprint density at radius 3 is 1.23 bits per heavy atom. The van der Waals surface area contributed by atoms with E-state index in [1.165, 1.54) is 33.4 Å². The molecule has 208 valence electrons. The van der Waals surface area contributed by atoms with Crippen LogP contribution in [-0.4, -0.2) is 13.1 Å². The van der Waals surface area contributed by atoms with E-state index in [2.05, 4.69) is 121 Å². The summed E-state index contributed by atoms with van der Waals surface area (Å²) in [6.45, 7) is 23.3. The Bertz CT molecular complexity index is 1130. The molecular weight excluding hydrogens is 537 g/mol. The van der Waals surface area contributed by atoms with Gasteiger partial charge in [0.05, 0.1) is 0 Å². The van der Waals surface area contributed by atoms with Crippen LogP contribution in [0.5, 0.6) is 0 Å². The summed E-state index contributed by atoms with van der Waals surface area (Å²) in [6.07, 6.45) is 3.24. The number of aryl methyl sites for hydroxylation is 6. The van der Waals surface area contributed by atoms with Crippen molar-refractivity contribution in [2.24, 2.45) is 0 Å². The van der Waals surface area contributed by atoms with Gasteiger partial charge in [0, 0.05) is 12.4 Å². The number of nitrogens with zero attached hydrogens (tertiary/aromatic N) is 3. The van der Waals surface area contributed by atoms with Gasteiger partial charge in [0.1, 0.15) is 0 Å². The van der Waals surface area contributed by atoms with Crippen LogP contribution in [0.1, 0.15) is 45.1 Å². The zero-order valence-electron chi connectivity index (χ0n) is 25.0. The number of hydrogen-bond donors (Lipinski definition) is 0. The first-order chi connectivity index (χ1) is 17.8. The van der Waals surface area contributed by atoms with Gasteiger partial charge in [-0.2, -0.15) is 6.17 Å². The van der Waals surface area contributed by atoms with Gasteiger partial charge in [-0.3, -0.25) is 4.98 Å². The molecular formula is C34H44CoN3Si. The summed E-state index contributed by atoms with van der Waals surface area (Å²) in [5, 5.41) is 10.2. The maximum atomic E-state index is 5.10. The third-order valence-corrected chi connectivity index (χ3v) is 5.44. The SMILES string of the molecule is Cc1cc(C)c([N-]C([N-]c2c(C)cc(C)cc2C)c2ccccc2)c(C)c1.[CH2-][Si](C)(C)C.[Co+3].c1ccncc1. The van der Waals surface area contributed by atoms with Gasteiger partial charge in [0.2, 0.25) is 0 Å². The molecule has 0 saturated heterocycles. The van der Waals surface area contributed by atoms with E-state index >= 15 is 0 Å². The Hall–Kier alpha value is -2.87. The molecule has 5 heteroatoms. The topological polar surface area (TPSA) is 41.1 Å². The second-order valence-corrected chi connectivity index (χ2v) is 16.2. The summed E-state index contributed by atoms with van der Waals surface area (Å²) in [5.74, 6) is 0. The van der Waals surface area contributed by atoms with E-state index in [9.17, 15) is 0 Å². The van der Waals surface area contributed by atoms with Crippen molar-refractivity contribution in [2.45, 2.75) is 67.3 Å². The van der Waals surface area contributed by atoms with E-state index in [1.807, 2.05) is 24.3 Å². The predicted octanol–water partition coefficient (Wildman–Crippen LogP) is 10.7. The molecule has 39 heavy (non-hydrogen) atoms. The number of pyridine rings is 1. The monoisotopic (exact) mass is 581 g/mol. The van der Waals surface area contributed by atoms with E-state index in [4.69, 9.17) is 10.6 Å². The van der Waals surface area contributed by atoms with Gasteiger partial charge in [-0.25, -0.2) is 0 Å².